The van der Waals surface area contributed by atoms with E-state index in [2.05, 4.69) is 6.92 Å². The van der Waals surface area contributed by atoms with Gasteiger partial charge >= 0.3 is 5.97 Å². The molecule has 3 aliphatic heterocycles. The molecule has 1 saturated carbocycles. The van der Waals surface area contributed by atoms with Crippen LogP contribution in [0.15, 0.2) is 11.1 Å². The van der Waals surface area contributed by atoms with Gasteiger partial charge in [0.15, 0.2) is 0 Å². The van der Waals surface area contributed by atoms with E-state index in [-0.39, 0.29) is 17.8 Å². The molecule has 1 aliphatic carbocycles. The van der Waals surface area contributed by atoms with Gasteiger partial charge in [-0.1, -0.05) is 0 Å². The predicted octanol–water partition coefficient (Wildman–Crippen LogP) is 1.44. The molecule has 5 atom stereocenters. The van der Waals surface area contributed by atoms with E-state index in [4.69, 9.17) is 14.2 Å². The van der Waals surface area contributed by atoms with Gasteiger partial charge in [0.1, 0.15) is 0 Å². The van der Waals surface area contributed by atoms with Crippen LogP contribution in [0.4, 0.5) is 0 Å². The molecule has 5 heteroatoms. The van der Waals surface area contributed by atoms with Crippen LogP contribution in [-0.2, 0) is 19.0 Å². The Kier molecular flexibility index (Phi) is 2.21. The lowest BCUT2D eigenvalue weighted by Crippen LogP contribution is -2.38. The number of esters is 1. The van der Waals surface area contributed by atoms with Crippen LogP contribution in [-0.4, -0.2) is 40.3 Å². The average Bonchev–Trinajstić information content (AvgIpc) is 3.16. The van der Waals surface area contributed by atoms with Crippen LogP contribution in [0.5, 0.6) is 0 Å². The molecule has 0 unspecified atom stereocenters. The highest BCUT2D eigenvalue weighted by Crippen LogP contribution is 2.55. The Morgan fingerprint density at radius 2 is 1.90 bits per heavy atom. The Morgan fingerprint density at radius 3 is 2.65 bits per heavy atom. The summed E-state index contributed by atoms with van der Waals surface area (Å²) in [5.74, 6) is -1.94. The van der Waals surface area contributed by atoms with Gasteiger partial charge in [-0.3, -0.25) is 0 Å². The van der Waals surface area contributed by atoms with Crippen molar-refractivity contribution in [2.75, 3.05) is 0 Å². The summed E-state index contributed by atoms with van der Waals surface area (Å²) in [4.78, 5) is 11.8. The summed E-state index contributed by atoms with van der Waals surface area (Å²) in [6, 6.07) is 0. The molecule has 0 bridgehead atoms. The normalized spacial score (nSPS) is 53.7. The quantitative estimate of drug-likeness (QED) is 0.537. The number of ether oxygens (including phenoxy) is 3. The van der Waals surface area contributed by atoms with Crippen LogP contribution in [0.25, 0.3) is 0 Å². The van der Waals surface area contributed by atoms with Crippen molar-refractivity contribution in [2.24, 2.45) is 0 Å². The van der Waals surface area contributed by atoms with Crippen LogP contribution in [0, 0.1) is 0 Å². The summed E-state index contributed by atoms with van der Waals surface area (Å²) in [5.41, 5.74) is 0.646. The van der Waals surface area contributed by atoms with Gasteiger partial charge in [-0.15, -0.1) is 0 Å². The van der Waals surface area contributed by atoms with E-state index in [1.807, 2.05) is 6.92 Å². The second kappa shape index (κ2) is 3.46. The van der Waals surface area contributed by atoms with Gasteiger partial charge in [-0.2, -0.15) is 0 Å². The Balaban J connectivity index is 1.72. The first-order valence-corrected chi connectivity index (χ1v) is 7.27. The second-order valence-electron chi connectivity index (χ2n) is 7.04. The van der Waals surface area contributed by atoms with Crippen molar-refractivity contribution in [2.45, 2.75) is 75.7 Å². The molecule has 1 N–H and O–H groups in total. The first kappa shape index (κ1) is 12.8. The van der Waals surface area contributed by atoms with E-state index in [9.17, 15) is 9.90 Å². The highest BCUT2D eigenvalue weighted by Gasteiger charge is 2.64. The molecule has 3 heterocycles. The van der Waals surface area contributed by atoms with Crippen molar-refractivity contribution in [1.82, 2.24) is 0 Å². The third-order valence-corrected chi connectivity index (χ3v) is 5.45. The van der Waals surface area contributed by atoms with Crippen LogP contribution < -0.4 is 0 Å². The number of aliphatic hydroxyl groups is 1. The van der Waals surface area contributed by atoms with Crippen molar-refractivity contribution in [3.8, 4) is 0 Å². The van der Waals surface area contributed by atoms with E-state index in [0.717, 1.165) is 12.8 Å². The third-order valence-electron chi connectivity index (χ3n) is 5.45. The molecule has 4 aliphatic rings. The number of hydrogen-bond acceptors (Lipinski definition) is 5. The topological polar surface area (TPSA) is 71.6 Å². The van der Waals surface area contributed by atoms with E-state index < -0.39 is 17.4 Å². The van der Waals surface area contributed by atoms with E-state index in [0.29, 0.717) is 24.0 Å². The molecular formula is C15H20O5. The summed E-state index contributed by atoms with van der Waals surface area (Å²) >= 11 is 0. The van der Waals surface area contributed by atoms with Gasteiger partial charge in [0.25, 0.3) is 0 Å². The zero-order chi connectivity index (χ0) is 14.3. The predicted molar refractivity (Wildman–Crippen MR) is 68.8 cm³/mol. The minimum absolute atomic E-state index is 0.0663. The molecule has 3 fully saturated rings. The van der Waals surface area contributed by atoms with Crippen LogP contribution >= 0.6 is 0 Å². The number of fused-ring (bicyclic) bond motifs is 3. The number of carbonyl (C=O) groups is 1. The maximum absolute atomic E-state index is 11.8. The molecule has 110 valence electrons. The van der Waals surface area contributed by atoms with Crippen LogP contribution in [0.3, 0.4) is 0 Å². The van der Waals surface area contributed by atoms with Gasteiger partial charge in [0.05, 0.1) is 23.4 Å². The highest BCUT2D eigenvalue weighted by molar-refractivity contribution is 5.92. The Morgan fingerprint density at radius 1 is 1.20 bits per heavy atom. The average molecular weight is 280 g/mol. The fraction of sp³-hybridized carbons (Fsp3) is 0.800. The molecular weight excluding hydrogens is 260 g/mol. The molecule has 20 heavy (non-hydrogen) atoms. The number of hydrogen-bond donors (Lipinski definition) is 1. The molecule has 0 aromatic rings. The molecule has 0 aromatic carbocycles. The maximum Gasteiger partial charge on any atom is 0.336 e. The fourth-order valence-electron chi connectivity index (χ4n) is 3.82. The maximum atomic E-state index is 11.8. The standard InChI is InChI=1S/C15H20O5/c1-8-9-6-11-13(2,19-11)5-4-10-14(3,18-10)7-15(9,17)20-12(8)16/h10-11,17H,4-7H2,1-3H3/t10-,11+,13-,14-,15+/m0/s1. The van der Waals surface area contributed by atoms with Crippen LogP contribution in [0.1, 0.15) is 46.5 Å². The molecule has 0 amide bonds. The number of carbonyl (C=O) groups excluding carboxylic acids is 1. The zero-order valence-electron chi connectivity index (χ0n) is 12.1. The van der Waals surface area contributed by atoms with E-state index in [1.165, 1.54) is 0 Å². The molecule has 0 aromatic heterocycles. The van der Waals surface area contributed by atoms with Crippen molar-refractivity contribution in [1.29, 1.82) is 0 Å². The van der Waals surface area contributed by atoms with E-state index in [1.54, 1.807) is 6.92 Å². The van der Waals surface area contributed by atoms with Crippen molar-refractivity contribution in [3.63, 3.8) is 0 Å². The summed E-state index contributed by atoms with van der Waals surface area (Å²) in [6.45, 7) is 5.78. The largest absolute Gasteiger partial charge is 0.426 e. The summed E-state index contributed by atoms with van der Waals surface area (Å²) in [5, 5.41) is 10.8. The zero-order valence-corrected chi connectivity index (χ0v) is 12.1. The minimum Gasteiger partial charge on any atom is -0.426 e. The first-order chi connectivity index (χ1) is 9.26. The van der Waals surface area contributed by atoms with Gasteiger partial charge in [0, 0.05) is 24.0 Å². The SMILES string of the molecule is CC1=C2C[C@H]3O[C@@]3(C)CC[C@@H]3O[C@@]3(C)C[C@@]2(O)OC1=O. The summed E-state index contributed by atoms with van der Waals surface area (Å²) in [7, 11) is 0. The summed E-state index contributed by atoms with van der Waals surface area (Å²) < 4.78 is 16.8. The van der Waals surface area contributed by atoms with Gasteiger partial charge < -0.3 is 19.3 Å². The lowest BCUT2D eigenvalue weighted by Gasteiger charge is -2.27. The summed E-state index contributed by atoms with van der Waals surface area (Å²) in [6.07, 6.45) is 2.93. The minimum atomic E-state index is -1.52. The van der Waals surface area contributed by atoms with Crippen LogP contribution in [0.2, 0.25) is 0 Å². The van der Waals surface area contributed by atoms with Gasteiger partial charge in [0.2, 0.25) is 5.79 Å². The van der Waals surface area contributed by atoms with Crippen molar-refractivity contribution < 1.29 is 24.1 Å². The smallest absolute Gasteiger partial charge is 0.336 e. The molecule has 4 rings (SSSR count). The lowest BCUT2D eigenvalue weighted by molar-refractivity contribution is -0.188. The molecule has 5 nitrogen and oxygen atoms in total. The Bertz CT molecular complexity index is 540. The van der Waals surface area contributed by atoms with Gasteiger partial charge in [-0.25, -0.2) is 4.79 Å². The highest BCUT2D eigenvalue weighted by atomic mass is 16.7. The molecule has 0 spiro atoms. The fourth-order valence-corrected chi connectivity index (χ4v) is 3.82. The van der Waals surface area contributed by atoms with Crippen molar-refractivity contribution >= 4 is 5.97 Å². The molecule has 2 saturated heterocycles. The van der Waals surface area contributed by atoms with Gasteiger partial charge in [-0.05, 0) is 33.6 Å². The Hall–Kier alpha value is -0.910. The third kappa shape index (κ3) is 1.63. The van der Waals surface area contributed by atoms with Crippen molar-refractivity contribution in [3.05, 3.63) is 11.1 Å². The second-order valence-corrected chi connectivity index (χ2v) is 7.04. The lowest BCUT2D eigenvalue weighted by atomic mass is 9.83. The first-order valence-electron chi connectivity index (χ1n) is 7.27. The number of epoxide rings is 2. The molecule has 0 radical (unpaired) electrons. The number of rotatable bonds is 0. The monoisotopic (exact) mass is 280 g/mol. The Labute approximate surface area is 117 Å². The van der Waals surface area contributed by atoms with E-state index >= 15 is 0 Å².